The minimum Gasteiger partial charge on any atom is -0.329 e. The van der Waals surface area contributed by atoms with Crippen LogP contribution in [0.25, 0.3) is 0 Å². The normalized spacial score (nSPS) is 37.1. The van der Waals surface area contributed by atoms with Crippen molar-refractivity contribution in [2.45, 2.75) is 45.1 Å². The Hall–Kier alpha value is -0.0800. The molecular weight excluding hydrogens is 136 g/mol. The van der Waals surface area contributed by atoms with E-state index >= 15 is 0 Å². The number of hydrogen-bond donors (Lipinski definition) is 2. The minimum atomic E-state index is -0.106. The fourth-order valence-corrected chi connectivity index (χ4v) is 1.97. The maximum atomic E-state index is 6.21. The summed E-state index contributed by atoms with van der Waals surface area (Å²) in [5, 5.41) is 0. The van der Waals surface area contributed by atoms with E-state index in [1.165, 1.54) is 19.3 Å². The Kier molecular flexibility index (Phi) is 2.26. The highest BCUT2D eigenvalue weighted by molar-refractivity contribution is 5.00. The van der Waals surface area contributed by atoms with Crippen molar-refractivity contribution in [2.24, 2.45) is 16.9 Å². The third-order valence-corrected chi connectivity index (χ3v) is 3.39. The van der Waals surface area contributed by atoms with Gasteiger partial charge in [0.05, 0.1) is 0 Å². The lowest BCUT2D eigenvalue weighted by Crippen LogP contribution is -2.59. The Morgan fingerprint density at radius 3 is 2.09 bits per heavy atom. The molecule has 1 fully saturated rings. The Balaban J connectivity index is 2.74. The molecule has 0 aromatic carbocycles. The van der Waals surface area contributed by atoms with Gasteiger partial charge in [0.15, 0.2) is 0 Å². The molecule has 0 radical (unpaired) electrons. The molecule has 0 amide bonds. The molecule has 0 aromatic rings. The first kappa shape index (κ1) is 9.01. The van der Waals surface area contributed by atoms with Gasteiger partial charge in [-0.05, 0) is 18.3 Å². The second-order valence-corrected chi connectivity index (χ2v) is 4.45. The van der Waals surface area contributed by atoms with Crippen LogP contribution in [0.3, 0.4) is 0 Å². The molecule has 11 heavy (non-hydrogen) atoms. The third kappa shape index (κ3) is 1.42. The monoisotopic (exact) mass is 156 g/mol. The van der Waals surface area contributed by atoms with Gasteiger partial charge in [-0.25, -0.2) is 0 Å². The van der Waals surface area contributed by atoms with Gasteiger partial charge >= 0.3 is 0 Å². The molecule has 2 heteroatoms. The van der Waals surface area contributed by atoms with Crippen LogP contribution in [0.15, 0.2) is 0 Å². The molecule has 1 saturated carbocycles. The fourth-order valence-electron chi connectivity index (χ4n) is 1.97. The Morgan fingerprint density at radius 1 is 1.18 bits per heavy atom. The van der Waals surface area contributed by atoms with Crippen molar-refractivity contribution in [1.29, 1.82) is 0 Å². The summed E-state index contributed by atoms with van der Waals surface area (Å²) in [6, 6.07) is 0. The topological polar surface area (TPSA) is 52.0 Å². The van der Waals surface area contributed by atoms with Gasteiger partial charge in [-0.2, -0.15) is 0 Å². The summed E-state index contributed by atoms with van der Waals surface area (Å²) in [5.74, 6) is 0. The predicted octanol–water partition coefficient (Wildman–Crippen LogP) is 1.24. The van der Waals surface area contributed by atoms with Crippen LogP contribution in [-0.2, 0) is 0 Å². The van der Waals surface area contributed by atoms with E-state index < -0.39 is 0 Å². The van der Waals surface area contributed by atoms with Crippen LogP contribution in [-0.4, -0.2) is 12.1 Å². The first-order valence-corrected chi connectivity index (χ1v) is 4.51. The number of hydrogen-bond acceptors (Lipinski definition) is 2. The maximum Gasteiger partial charge on any atom is 0.0330 e. The summed E-state index contributed by atoms with van der Waals surface area (Å²) in [4.78, 5) is 0. The van der Waals surface area contributed by atoms with Crippen molar-refractivity contribution in [3.63, 3.8) is 0 Å². The van der Waals surface area contributed by atoms with Crippen molar-refractivity contribution in [3.05, 3.63) is 0 Å². The van der Waals surface area contributed by atoms with Crippen LogP contribution < -0.4 is 11.5 Å². The third-order valence-electron chi connectivity index (χ3n) is 3.39. The van der Waals surface area contributed by atoms with Crippen LogP contribution >= 0.6 is 0 Å². The van der Waals surface area contributed by atoms with Gasteiger partial charge in [-0.15, -0.1) is 0 Å². The summed E-state index contributed by atoms with van der Waals surface area (Å²) >= 11 is 0. The van der Waals surface area contributed by atoms with Gasteiger partial charge in [0.1, 0.15) is 0 Å². The molecule has 0 aliphatic heterocycles. The molecule has 4 N–H and O–H groups in total. The Labute approximate surface area is 69.3 Å². The highest BCUT2D eigenvalue weighted by Gasteiger charge is 2.42. The fraction of sp³-hybridized carbons (Fsp3) is 1.00. The second kappa shape index (κ2) is 2.76. The molecule has 0 heterocycles. The lowest BCUT2D eigenvalue weighted by Gasteiger charge is -2.47. The van der Waals surface area contributed by atoms with Crippen molar-refractivity contribution in [3.8, 4) is 0 Å². The first-order valence-electron chi connectivity index (χ1n) is 4.51. The summed E-state index contributed by atoms with van der Waals surface area (Å²) < 4.78 is 0. The van der Waals surface area contributed by atoms with E-state index in [-0.39, 0.29) is 11.0 Å². The zero-order chi connectivity index (χ0) is 8.54. The Morgan fingerprint density at radius 2 is 1.73 bits per heavy atom. The molecule has 1 rings (SSSR count). The zero-order valence-electron chi connectivity index (χ0n) is 7.69. The average molecular weight is 156 g/mol. The largest absolute Gasteiger partial charge is 0.329 e. The van der Waals surface area contributed by atoms with Crippen molar-refractivity contribution < 1.29 is 0 Å². The van der Waals surface area contributed by atoms with E-state index in [0.29, 0.717) is 6.54 Å². The SMILES string of the molecule is CC1(C)CCCCC1(N)CN. The smallest absolute Gasteiger partial charge is 0.0330 e. The van der Waals surface area contributed by atoms with Crippen LogP contribution in [0.5, 0.6) is 0 Å². The molecule has 2 nitrogen and oxygen atoms in total. The quantitative estimate of drug-likeness (QED) is 0.600. The van der Waals surface area contributed by atoms with E-state index in [1.807, 2.05) is 0 Å². The van der Waals surface area contributed by atoms with Crippen molar-refractivity contribution in [2.75, 3.05) is 6.54 Å². The molecule has 0 saturated heterocycles. The predicted molar refractivity (Wildman–Crippen MR) is 48.2 cm³/mol. The second-order valence-electron chi connectivity index (χ2n) is 4.45. The summed E-state index contributed by atoms with van der Waals surface area (Å²) in [5.41, 5.74) is 12.0. The number of rotatable bonds is 1. The van der Waals surface area contributed by atoms with Gasteiger partial charge in [-0.3, -0.25) is 0 Å². The molecule has 66 valence electrons. The molecular formula is C9H20N2. The summed E-state index contributed by atoms with van der Waals surface area (Å²) in [6.07, 6.45) is 4.88. The lowest BCUT2D eigenvalue weighted by atomic mass is 9.64. The highest BCUT2D eigenvalue weighted by atomic mass is 14.8. The van der Waals surface area contributed by atoms with Crippen LogP contribution in [0, 0.1) is 5.41 Å². The summed E-state index contributed by atoms with van der Waals surface area (Å²) in [7, 11) is 0. The maximum absolute atomic E-state index is 6.21. The van der Waals surface area contributed by atoms with Crippen molar-refractivity contribution in [1.82, 2.24) is 0 Å². The van der Waals surface area contributed by atoms with Crippen molar-refractivity contribution >= 4 is 0 Å². The van der Waals surface area contributed by atoms with Gasteiger partial charge in [-0.1, -0.05) is 26.7 Å². The standard InChI is InChI=1S/C9H20N2/c1-8(2)5-3-4-6-9(8,11)7-10/h3-7,10-11H2,1-2H3. The molecule has 0 aromatic heterocycles. The van der Waals surface area contributed by atoms with E-state index in [9.17, 15) is 0 Å². The van der Waals surface area contributed by atoms with Crippen LogP contribution in [0.2, 0.25) is 0 Å². The first-order chi connectivity index (χ1) is 5.02. The Bertz CT molecular complexity index is 142. The average Bonchev–Trinajstić information content (AvgIpc) is 1.95. The van der Waals surface area contributed by atoms with Gasteiger partial charge in [0.2, 0.25) is 0 Å². The van der Waals surface area contributed by atoms with E-state index in [2.05, 4.69) is 13.8 Å². The minimum absolute atomic E-state index is 0.106. The molecule has 1 aliphatic carbocycles. The molecule has 1 aliphatic rings. The summed E-state index contributed by atoms with van der Waals surface area (Å²) in [6.45, 7) is 5.10. The van der Waals surface area contributed by atoms with Crippen LogP contribution in [0.1, 0.15) is 39.5 Å². The lowest BCUT2D eigenvalue weighted by molar-refractivity contribution is 0.106. The van der Waals surface area contributed by atoms with Crippen LogP contribution in [0.4, 0.5) is 0 Å². The van der Waals surface area contributed by atoms with E-state index in [1.54, 1.807) is 0 Å². The van der Waals surface area contributed by atoms with Gasteiger partial charge in [0.25, 0.3) is 0 Å². The molecule has 0 bridgehead atoms. The zero-order valence-corrected chi connectivity index (χ0v) is 7.69. The van der Waals surface area contributed by atoms with Gasteiger partial charge in [0, 0.05) is 12.1 Å². The van der Waals surface area contributed by atoms with E-state index in [0.717, 1.165) is 6.42 Å². The number of nitrogens with two attached hydrogens (primary N) is 2. The van der Waals surface area contributed by atoms with Gasteiger partial charge < -0.3 is 11.5 Å². The molecule has 1 atom stereocenters. The molecule has 1 unspecified atom stereocenters. The molecule has 0 spiro atoms. The van der Waals surface area contributed by atoms with E-state index in [4.69, 9.17) is 11.5 Å². The highest BCUT2D eigenvalue weighted by Crippen LogP contribution is 2.41.